The van der Waals surface area contributed by atoms with E-state index in [0.717, 1.165) is 10.9 Å². The molecule has 0 aliphatic carbocycles. The van der Waals surface area contributed by atoms with Gasteiger partial charge in [-0.2, -0.15) is 5.26 Å². The summed E-state index contributed by atoms with van der Waals surface area (Å²) in [5.41, 5.74) is 1.44. The number of rotatable bonds is 4. The van der Waals surface area contributed by atoms with E-state index in [1.807, 2.05) is 24.3 Å². The SMILES string of the molecule is N#Cc1cc(NCCn2ccnn2)nc2ccccc12. The van der Waals surface area contributed by atoms with Crippen molar-refractivity contribution in [1.82, 2.24) is 20.0 Å². The van der Waals surface area contributed by atoms with Gasteiger partial charge >= 0.3 is 0 Å². The van der Waals surface area contributed by atoms with Crippen LogP contribution in [-0.4, -0.2) is 26.5 Å². The minimum atomic E-state index is 0.624. The highest BCUT2D eigenvalue weighted by atomic mass is 15.4. The first-order chi connectivity index (χ1) is 9.86. The van der Waals surface area contributed by atoms with Gasteiger partial charge in [-0.25, -0.2) is 4.98 Å². The predicted octanol–water partition coefficient (Wildman–Crippen LogP) is 1.81. The maximum Gasteiger partial charge on any atom is 0.128 e. The van der Waals surface area contributed by atoms with Crippen molar-refractivity contribution in [2.24, 2.45) is 0 Å². The summed E-state index contributed by atoms with van der Waals surface area (Å²) in [6.45, 7) is 1.36. The Morgan fingerprint density at radius 1 is 1.30 bits per heavy atom. The van der Waals surface area contributed by atoms with Crippen LogP contribution in [0, 0.1) is 11.3 Å². The molecule has 1 N–H and O–H groups in total. The number of fused-ring (bicyclic) bond motifs is 1. The van der Waals surface area contributed by atoms with Gasteiger partial charge < -0.3 is 5.32 Å². The number of nitrogens with zero attached hydrogens (tertiary/aromatic N) is 5. The third-order valence-corrected chi connectivity index (χ3v) is 2.96. The van der Waals surface area contributed by atoms with Crippen LogP contribution in [0.1, 0.15) is 5.56 Å². The Kier molecular flexibility index (Phi) is 3.25. The van der Waals surface area contributed by atoms with Gasteiger partial charge in [-0.05, 0) is 12.1 Å². The molecule has 2 heterocycles. The van der Waals surface area contributed by atoms with Crippen LogP contribution in [0.15, 0.2) is 42.7 Å². The number of hydrogen-bond acceptors (Lipinski definition) is 5. The third-order valence-electron chi connectivity index (χ3n) is 2.96. The molecule has 1 aromatic carbocycles. The average molecular weight is 264 g/mol. The lowest BCUT2D eigenvalue weighted by molar-refractivity contribution is 0.608. The summed E-state index contributed by atoms with van der Waals surface area (Å²) in [5.74, 6) is 0.695. The van der Waals surface area contributed by atoms with Crippen molar-refractivity contribution in [2.45, 2.75) is 6.54 Å². The number of pyridine rings is 1. The maximum atomic E-state index is 9.21. The van der Waals surface area contributed by atoms with Gasteiger partial charge in [0.15, 0.2) is 0 Å². The molecule has 6 nitrogen and oxygen atoms in total. The van der Waals surface area contributed by atoms with Crippen molar-refractivity contribution in [3.8, 4) is 6.07 Å². The Hall–Kier alpha value is -2.94. The summed E-state index contributed by atoms with van der Waals surface area (Å²) >= 11 is 0. The minimum absolute atomic E-state index is 0.624. The van der Waals surface area contributed by atoms with E-state index in [0.29, 0.717) is 24.5 Å². The average Bonchev–Trinajstić information content (AvgIpc) is 2.99. The molecule has 0 saturated heterocycles. The largest absolute Gasteiger partial charge is 0.368 e. The van der Waals surface area contributed by atoms with Gasteiger partial charge in [-0.1, -0.05) is 23.4 Å². The quantitative estimate of drug-likeness (QED) is 0.777. The van der Waals surface area contributed by atoms with E-state index < -0.39 is 0 Å². The monoisotopic (exact) mass is 264 g/mol. The van der Waals surface area contributed by atoms with Crippen LogP contribution >= 0.6 is 0 Å². The molecule has 0 unspecified atom stereocenters. The minimum Gasteiger partial charge on any atom is -0.368 e. The zero-order chi connectivity index (χ0) is 13.8. The number of nitriles is 1. The molecule has 0 aliphatic rings. The Bertz CT molecular complexity index is 757. The lowest BCUT2D eigenvalue weighted by atomic mass is 10.1. The van der Waals surface area contributed by atoms with Crippen molar-refractivity contribution >= 4 is 16.7 Å². The predicted molar refractivity (Wildman–Crippen MR) is 75.0 cm³/mol. The van der Waals surface area contributed by atoms with Crippen LogP contribution in [0.25, 0.3) is 10.9 Å². The Morgan fingerprint density at radius 3 is 3.00 bits per heavy atom. The Labute approximate surface area is 115 Å². The molecule has 0 bridgehead atoms. The second-order valence-corrected chi connectivity index (χ2v) is 4.28. The number of anilines is 1. The maximum absolute atomic E-state index is 9.21. The smallest absolute Gasteiger partial charge is 0.128 e. The van der Waals surface area contributed by atoms with Gasteiger partial charge in [0.1, 0.15) is 5.82 Å². The van der Waals surface area contributed by atoms with Crippen LogP contribution in [-0.2, 0) is 6.54 Å². The lowest BCUT2D eigenvalue weighted by Gasteiger charge is -2.07. The second kappa shape index (κ2) is 5.36. The van der Waals surface area contributed by atoms with Gasteiger partial charge in [0.25, 0.3) is 0 Å². The fraction of sp³-hybridized carbons (Fsp3) is 0.143. The van der Waals surface area contributed by atoms with E-state index >= 15 is 0 Å². The molecule has 2 aromatic heterocycles. The first-order valence-corrected chi connectivity index (χ1v) is 6.25. The number of aromatic nitrogens is 4. The van der Waals surface area contributed by atoms with E-state index in [2.05, 4.69) is 26.7 Å². The van der Waals surface area contributed by atoms with E-state index in [-0.39, 0.29) is 0 Å². The normalized spacial score (nSPS) is 10.3. The highest BCUT2D eigenvalue weighted by Gasteiger charge is 2.04. The Morgan fingerprint density at radius 2 is 2.20 bits per heavy atom. The first-order valence-electron chi connectivity index (χ1n) is 6.25. The number of para-hydroxylation sites is 1. The molecule has 0 radical (unpaired) electrons. The summed E-state index contributed by atoms with van der Waals surface area (Å²) in [6, 6.07) is 11.6. The molecule has 0 saturated carbocycles. The molecule has 0 aliphatic heterocycles. The highest BCUT2D eigenvalue weighted by Crippen LogP contribution is 2.19. The zero-order valence-electron chi connectivity index (χ0n) is 10.7. The van der Waals surface area contributed by atoms with Crippen molar-refractivity contribution in [3.63, 3.8) is 0 Å². The topological polar surface area (TPSA) is 79.4 Å². The van der Waals surface area contributed by atoms with Crippen molar-refractivity contribution in [1.29, 1.82) is 5.26 Å². The van der Waals surface area contributed by atoms with Crippen LogP contribution in [0.5, 0.6) is 0 Å². The van der Waals surface area contributed by atoms with Crippen molar-refractivity contribution in [2.75, 3.05) is 11.9 Å². The standard InChI is InChI=1S/C14H12N6/c15-10-11-9-14(16-5-7-20-8-6-17-19-20)18-13-4-2-1-3-12(11)13/h1-4,6,8-9H,5,7H2,(H,16,18). The molecule has 6 heteroatoms. The van der Waals surface area contributed by atoms with Crippen molar-refractivity contribution < 1.29 is 0 Å². The van der Waals surface area contributed by atoms with E-state index in [9.17, 15) is 5.26 Å². The van der Waals surface area contributed by atoms with Crippen molar-refractivity contribution in [3.05, 3.63) is 48.3 Å². The summed E-state index contributed by atoms with van der Waals surface area (Å²) < 4.78 is 1.74. The summed E-state index contributed by atoms with van der Waals surface area (Å²) in [6.07, 6.45) is 3.44. The second-order valence-electron chi connectivity index (χ2n) is 4.28. The van der Waals surface area contributed by atoms with Crippen LogP contribution in [0.3, 0.4) is 0 Å². The molecule has 3 aromatic rings. The van der Waals surface area contributed by atoms with Gasteiger partial charge in [0.2, 0.25) is 0 Å². The van der Waals surface area contributed by atoms with Gasteiger partial charge in [-0.3, -0.25) is 4.68 Å². The van der Waals surface area contributed by atoms with Gasteiger partial charge in [0.05, 0.1) is 29.9 Å². The number of hydrogen-bond donors (Lipinski definition) is 1. The third kappa shape index (κ3) is 2.42. The van der Waals surface area contributed by atoms with Crippen LogP contribution in [0.4, 0.5) is 5.82 Å². The van der Waals surface area contributed by atoms with Crippen LogP contribution in [0.2, 0.25) is 0 Å². The fourth-order valence-electron chi connectivity index (χ4n) is 2.01. The lowest BCUT2D eigenvalue weighted by Crippen LogP contribution is -2.12. The molecule has 3 rings (SSSR count). The zero-order valence-corrected chi connectivity index (χ0v) is 10.7. The van der Waals surface area contributed by atoms with Gasteiger partial charge in [0, 0.05) is 18.1 Å². The number of benzene rings is 1. The molecule has 98 valence electrons. The summed E-state index contributed by atoms with van der Waals surface area (Å²) in [5, 5.41) is 20.9. The summed E-state index contributed by atoms with van der Waals surface area (Å²) in [7, 11) is 0. The molecule has 0 spiro atoms. The van der Waals surface area contributed by atoms with Crippen LogP contribution < -0.4 is 5.32 Å². The van der Waals surface area contributed by atoms with E-state index in [4.69, 9.17) is 0 Å². The molecule has 0 atom stereocenters. The fourth-order valence-corrected chi connectivity index (χ4v) is 2.01. The molecular formula is C14H12N6. The van der Waals surface area contributed by atoms with Gasteiger partial charge in [-0.15, -0.1) is 5.10 Å². The molecule has 0 fully saturated rings. The molecule has 20 heavy (non-hydrogen) atoms. The summed E-state index contributed by atoms with van der Waals surface area (Å²) in [4.78, 5) is 4.50. The first kappa shape index (κ1) is 12.1. The number of nitrogens with one attached hydrogen (secondary N) is 1. The van der Waals surface area contributed by atoms with E-state index in [1.165, 1.54) is 0 Å². The van der Waals surface area contributed by atoms with E-state index in [1.54, 1.807) is 23.1 Å². The molecular weight excluding hydrogens is 252 g/mol. The molecule has 0 amide bonds. The highest BCUT2D eigenvalue weighted by molar-refractivity contribution is 5.86. The Balaban J connectivity index is 1.80.